The molecule has 0 aromatic heterocycles. The number of thioether (sulfide) groups is 1. The summed E-state index contributed by atoms with van der Waals surface area (Å²) in [5.74, 6) is -0.0395. The average Bonchev–Trinajstić information content (AvgIpc) is 2.68. The summed E-state index contributed by atoms with van der Waals surface area (Å²) < 4.78 is 27.0. The van der Waals surface area contributed by atoms with Crippen molar-refractivity contribution in [3.8, 4) is 0 Å². The maximum atomic E-state index is 12.8. The average molecular weight is 391 g/mol. The van der Waals surface area contributed by atoms with Crippen molar-refractivity contribution >= 4 is 27.7 Å². The van der Waals surface area contributed by atoms with Crippen LogP contribution in [0.15, 0.2) is 58.3 Å². The van der Waals surface area contributed by atoms with Crippen LogP contribution < -0.4 is 0 Å². The van der Waals surface area contributed by atoms with E-state index in [-0.39, 0.29) is 5.91 Å². The fraction of sp³-hybridized carbons (Fsp3) is 0.316. The molecule has 1 aliphatic rings. The molecule has 0 unspecified atom stereocenters. The Balaban J connectivity index is 1.71. The van der Waals surface area contributed by atoms with E-state index in [4.69, 9.17) is 0 Å². The van der Waals surface area contributed by atoms with Gasteiger partial charge in [0.1, 0.15) is 0 Å². The first kappa shape index (κ1) is 18.9. The first-order valence-electron chi connectivity index (χ1n) is 8.42. The van der Waals surface area contributed by atoms with Gasteiger partial charge in [-0.25, -0.2) is 8.42 Å². The normalized spacial score (nSPS) is 15.8. The molecule has 0 aliphatic carbocycles. The Morgan fingerprint density at radius 2 is 1.58 bits per heavy atom. The van der Waals surface area contributed by atoms with Gasteiger partial charge in [-0.15, -0.1) is 11.8 Å². The highest BCUT2D eigenvalue weighted by atomic mass is 32.2. The number of benzene rings is 2. The largest absolute Gasteiger partial charge is 0.336 e. The van der Waals surface area contributed by atoms with E-state index in [0.717, 1.165) is 10.5 Å². The third-order valence-corrected chi connectivity index (χ3v) is 7.23. The molecule has 2 aromatic rings. The second kappa shape index (κ2) is 7.82. The maximum absolute atomic E-state index is 12.8. The van der Waals surface area contributed by atoms with E-state index < -0.39 is 10.0 Å². The van der Waals surface area contributed by atoms with Crippen LogP contribution in [-0.4, -0.2) is 56.0 Å². The second-order valence-electron chi connectivity index (χ2n) is 6.21. The number of hydrogen-bond donors (Lipinski definition) is 0. The topological polar surface area (TPSA) is 57.7 Å². The summed E-state index contributed by atoms with van der Waals surface area (Å²) in [6, 6.07) is 14.4. The smallest absolute Gasteiger partial charge is 0.255 e. The van der Waals surface area contributed by atoms with Crippen LogP contribution in [0.3, 0.4) is 0 Å². The Morgan fingerprint density at radius 3 is 2.19 bits per heavy atom. The molecule has 0 bridgehead atoms. The Labute approximate surface area is 159 Å². The lowest BCUT2D eigenvalue weighted by atomic mass is 10.2. The zero-order chi connectivity index (χ0) is 18.7. The summed E-state index contributed by atoms with van der Waals surface area (Å²) in [6.07, 6.45) is 1.94. The molecule has 138 valence electrons. The lowest BCUT2D eigenvalue weighted by Crippen LogP contribution is -2.50. The molecular formula is C19H22N2O3S2. The first-order chi connectivity index (χ1) is 12.4. The van der Waals surface area contributed by atoms with Crippen LogP contribution in [0.4, 0.5) is 0 Å². The van der Waals surface area contributed by atoms with E-state index in [1.165, 1.54) is 16.1 Å². The van der Waals surface area contributed by atoms with E-state index in [1.54, 1.807) is 29.2 Å². The molecule has 1 saturated heterocycles. The van der Waals surface area contributed by atoms with Gasteiger partial charge in [-0.1, -0.05) is 29.8 Å². The van der Waals surface area contributed by atoms with Gasteiger partial charge in [-0.05, 0) is 37.4 Å². The van der Waals surface area contributed by atoms with Gasteiger partial charge in [0.25, 0.3) is 5.91 Å². The Morgan fingerprint density at radius 1 is 0.962 bits per heavy atom. The highest BCUT2D eigenvalue weighted by molar-refractivity contribution is 7.98. The van der Waals surface area contributed by atoms with Crippen LogP contribution in [-0.2, 0) is 10.0 Å². The van der Waals surface area contributed by atoms with Gasteiger partial charge in [-0.2, -0.15) is 4.31 Å². The molecule has 7 heteroatoms. The van der Waals surface area contributed by atoms with Gasteiger partial charge in [0.05, 0.1) is 10.5 Å². The molecule has 1 fully saturated rings. The zero-order valence-electron chi connectivity index (χ0n) is 14.9. The number of piperazine rings is 1. The Kier molecular flexibility index (Phi) is 5.70. The van der Waals surface area contributed by atoms with Crippen molar-refractivity contribution in [2.24, 2.45) is 0 Å². The number of sulfonamides is 1. The molecule has 0 N–H and O–H groups in total. The number of carbonyl (C=O) groups excluding carboxylic acids is 1. The quantitative estimate of drug-likeness (QED) is 0.754. The monoisotopic (exact) mass is 390 g/mol. The molecule has 1 amide bonds. The van der Waals surface area contributed by atoms with Crippen molar-refractivity contribution < 1.29 is 13.2 Å². The number of aryl methyl sites for hydroxylation is 1. The van der Waals surface area contributed by atoms with Crippen LogP contribution in [0.1, 0.15) is 15.9 Å². The van der Waals surface area contributed by atoms with Gasteiger partial charge in [-0.3, -0.25) is 4.79 Å². The minimum Gasteiger partial charge on any atom is -0.336 e. The van der Waals surface area contributed by atoms with Gasteiger partial charge >= 0.3 is 0 Å². The van der Waals surface area contributed by atoms with Crippen molar-refractivity contribution in [3.05, 3.63) is 59.7 Å². The van der Waals surface area contributed by atoms with Crippen molar-refractivity contribution in [3.63, 3.8) is 0 Å². The van der Waals surface area contributed by atoms with Crippen LogP contribution in [0.2, 0.25) is 0 Å². The van der Waals surface area contributed by atoms with Gasteiger partial charge in [0.2, 0.25) is 10.0 Å². The van der Waals surface area contributed by atoms with E-state index in [9.17, 15) is 13.2 Å². The summed E-state index contributed by atoms with van der Waals surface area (Å²) in [6.45, 7) is 3.33. The molecule has 3 rings (SSSR count). The first-order valence-corrected chi connectivity index (χ1v) is 11.1. The second-order valence-corrected chi connectivity index (χ2v) is 9.00. The van der Waals surface area contributed by atoms with Crippen LogP contribution in [0.25, 0.3) is 0 Å². The molecule has 26 heavy (non-hydrogen) atoms. The fourth-order valence-corrected chi connectivity index (χ4v) is 4.99. The molecule has 1 heterocycles. The third kappa shape index (κ3) is 3.79. The molecule has 1 aliphatic heterocycles. The Bertz CT molecular complexity index is 887. The van der Waals surface area contributed by atoms with Crippen molar-refractivity contribution in [1.82, 2.24) is 9.21 Å². The molecule has 0 atom stereocenters. The van der Waals surface area contributed by atoms with Crippen LogP contribution in [0.5, 0.6) is 0 Å². The Hall–Kier alpha value is -1.83. The van der Waals surface area contributed by atoms with Crippen molar-refractivity contribution in [2.45, 2.75) is 16.7 Å². The van der Waals surface area contributed by atoms with Gasteiger partial charge in [0.15, 0.2) is 0 Å². The third-order valence-electron chi connectivity index (χ3n) is 4.52. The van der Waals surface area contributed by atoms with Gasteiger partial charge in [0, 0.05) is 31.1 Å². The summed E-state index contributed by atoms with van der Waals surface area (Å²) in [4.78, 5) is 15.8. The fourth-order valence-electron chi connectivity index (χ4n) is 2.98. The predicted molar refractivity (Wildman–Crippen MR) is 104 cm³/mol. The van der Waals surface area contributed by atoms with E-state index >= 15 is 0 Å². The van der Waals surface area contributed by atoms with E-state index in [1.807, 2.05) is 37.4 Å². The van der Waals surface area contributed by atoms with Crippen LogP contribution in [0, 0.1) is 6.92 Å². The van der Waals surface area contributed by atoms with E-state index in [2.05, 4.69) is 0 Å². The number of nitrogens with zero attached hydrogens (tertiary/aromatic N) is 2. The minimum absolute atomic E-state index is 0.0395. The SMILES string of the molecule is CSc1ccccc1C(=O)N1CCN(S(=O)(=O)c2ccc(C)cc2)CC1. The van der Waals surface area contributed by atoms with Gasteiger partial charge < -0.3 is 4.90 Å². The van der Waals surface area contributed by atoms with Crippen molar-refractivity contribution in [2.75, 3.05) is 32.4 Å². The summed E-state index contributed by atoms with van der Waals surface area (Å²) in [5, 5.41) is 0. The lowest BCUT2D eigenvalue weighted by Gasteiger charge is -2.34. The van der Waals surface area contributed by atoms with Crippen LogP contribution >= 0.6 is 11.8 Å². The highest BCUT2D eigenvalue weighted by Gasteiger charge is 2.30. The number of carbonyl (C=O) groups is 1. The molecular weight excluding hydrogens is 368 g/mol. The number of amides is 1. The molecule has 0 spiro atoms. The molecule has 0 saturated carbocycles. The number of rotatable bonds is 4. The molecule has 0 radical (unpaired) electrons. The summed E-state index contributed by atoms with van der Waals surface area (Å²) in [7, 11) is -3.51. The number of hydrogen-bond acceptors (Lipinski definition) is 4. The lowest BCUT2D eigenvalue weighted by molar-refractivity contribution is 0.0694. The standard InChI is InChI=1S/C19H22N2O3S2/c1-15-7-9-16(10-8-15)26(23,24)21-13-11-20(12-14-21)19(22)17-5-3-4-6-18(17)25-2/h3-10H,11-14H2,1-2H3. The van der Waals surface area contributed by atoms with Crippen molar-refractivity contribution in [1.29, 1.82) is 0 Å². The van der Waals surface area contributed by atoms with E-state index in [0.29, 0.717) is 36.6 Å². The minimum atomic E-state index is -3.51. The highest BCUT2D eigenvalue weighted by Crippen LogP contribution is 2.23. The predicted octanol–water partition coefficient (Wildman–Crippen LogP) is 2.86. The maximum Gasteiger partial charge on any atom is 0.255 e. The summed E-state index contributed by atoms with van der Waals surface area (Å²) in [5.41, 5.74) is 1.70. The molecule has 2 aromatic carbocycles. The molecule has 5 nitrogen and oxygen atoms in total. The zero-order valence-corrected chi connectivity index (χ0v) is 16.5. The summed E-state index contributed by atoms with van der Waals surface area (Å²) >= 11 is 1.54.